The Balaban J connectivity index is 2.07. The lowest BCUT2D eigenvalue weighted by molar-refractivity contribution is -0.669. The van der Waals surface area contributed by atoms with E-state index >= 15 is 0 Å². The van der Waals surface area contributed by atoms with Crippen LogP contribution >= 0.6 is 11.3 Å². The third-order valence-corrected chi connectivity index (χ3v) is 5.35. The molecule has 0 saturated carbocycles. The molecule has 0 radical (unpaired) electrons. The lowest BCUT2D eigenvalue weighted by Crippen LogP contribution is -2.65. The van der Waals surface area contributed by atoms with E-state index in [1.807, 2.05) is 18.2 Å². The molecule has 0 aliphatic carbocycles. The standard InChI is InChI=1S/C19H19NO3S/c1-2-3-4-7-10-20-15-8-5-6-9-16(15)24-17(20)11-13-18(22)14(12-21)19(13)23/h5-6,8-9,11-12H,2-4,7,10H2,1H3. The highest BCUT2D eigenvalue weighted by Crippen LogP contribution is 2.20. The first kappa shape index (κ1) is 16.6. The Morgan fingerprint density at radius 3 is 2.54 bits per heavy atom. The average Bonchev–Trinajstić information content (AvgIpc) is 2.95. The van der Waals surface area contributed by atoms with Crippen molar-refractivity contribution < 1.29 is 9.67 Å². The highest BCUT2D eigenvalue weighted by Gasteiger charge is 2.19. The van der Waals surface area contributed by atoms with Gasteiger partial charge in [0.1, 0.15) is 4.70 Å². The molecule has 0 amide bonds. The van der Waals surface area contributed by atoms with Gasteiger partial charge in [-0.3, -0.25) is 9.59 Å². The molecule has 3 aromatic rings. The van der Waals surface area contributed by atoms with Gasteiger partial charge in [0, 0.05) is 18.6 Å². The highest BCUT2D eigenvalue weighted by molar-refractivity contribution is 7.18. The van der Waals surface area contributed by atoms with E-state index in [4.69, 9.17) is 0 Å². The predicted octanol–water partition coefficient (Wildman–Crippen LogP) is 0.292. The van der Waals surface area contributed by atoms with Gasteiger partial charge in [0.25, 0.3) is 5.01 Å². The number of nitrogens with zero attached hydrogens (tertiary/aromatic N) is 1. The molecule has 0 aliphatic rings. The maximum Gasteiger partial charge on any atom is 0.263 e. The summed E-state index contributed by atoms with van der Waals surface area (Å²) in [5.41, 5.74) is 0.236. The molecular weight excluding hydrogens is 322 g/mol. The molecule has 0 spiro atoms. The number of hydrogen-bond acceptors (Lipinski definition) is 4. The number of unbranched alkanes of at least 4 members (excludes halogenated alkanes) is 3. The van der Waals surface area contributed by atoms with Gasteiger partial charge in [-0.25, -0.2) is 0 Å². The topological polar surface area (TPSA) is 61.1 Å². The fourth-order valence-electron chi connectivity index (χ4n) is 2.88. The average molecular weight is 341 g/mol. The number of hydrogen-bond donors (Lipinski definition) is 0. The summed E-state index contributed by atoms with van der Waals surface area (Å²) in [6.07, 6.45) is 6.59. The van der Waals surface area contributed by atoms with Crippen molar-refractivity contribution in [3.8, 4) is 0 Å². The first-order valence-electron chi connectivity index (χ1n) is 8.22. The van der Waals surface area contributed by atoms with Crippen molar-refractivity contribution in [3.05, 3.63) is 60.2 Å². The number of para-hydroxylation sites is 1. The molecule has 0 N–H and O–H groups in total. The Hall–Kier alpha value is -2.27. The van der Waals surface area contributed by atoms with E-state index in [-0.39, 0.29) is 10.4 Å². The largest absolute Gasteiger partial charge is 0.877 e. The third-order valence-electron chi connectivity index (χ3n) is 4.24. The minimum Gasteiger partial charge on any atom is -0.877 e. The van der Waals surface area contributed by atoms with Crippen LogP contribution in [0.2, 0.25) is 0 Å². The van der Waals surface area contributed by atoms with Crippen LogP contribution < -0.4 is 31.0 Å². The Kier molecular flexibility index (Phi) is 4.90. The molecule has 0 aliphatic heterocycles. The lowest BCUT2D eigenvalue weighted by atomic mass is 10.1. The summed E-state index contributed by atoms with van der Waals surface area (Å²) in [6.45, 7) is 3.04. The number of aromatic nitrogens is 1. The second kappa shape index (κ2) is 7.09. The summed E-state index contributed by atoms with van der Waals surface area (Å²) in [5, 5.41) is 11.5. The predicted molar refractivity (Wildman–Crippen MR) is 94.8 cm³/mol. The van der Waals surface area contributed by atoms with E-state index in [1.54, 1.807) is 17.4 Å². The Morgan fingerprint density at radius 1 is 1.08 bits per heavy atom. The summed E-state index contributed by atoms with van der Waals surface area (Å²) < 4.78 is 3.29. The SMILES string of the molecule is CCCCCC[n+]1c(C=c2c(=O)c(=C[O-])c2=O)sc2ccccc21. The molecule has 1 heterocycles. The molecule has 2 aromatic carbocycles. The van der Waals surface area contributed by atoms with Crippen molar-refractivity contribution in [3.63, 3.8) is 0 Å². The number of benzene rings is 1. The maximum absolute atomic E-state index is 11.9. The van der Waals surface area contributed by atoms with Crippen molar-refractivity contribution in [1.29, 1.82) is 0 Å². The fraction of sp³-hybridized carbons (Fsp3) is 0.316. The van der Waals surface area contributed by atoms with Gasteiger partial charge >= 0.3 is 0 Å². The van der Waals surface area contributed by atoms with Gasteiger partial charge in [0.2, 0.25) is 5.52 Å². The Labute approximate surface area is 143 Å². The number of rotatable bonds is 6. The summed E-state index contributed by atoms with van der Waals surface area (Å²) in [4.78, 5) is 23.7. The molecule has 0 saturated heterocycles. The van der Waals surface area contributed by atoms with Crippen LogP contribution in [0.15, 0.2) is 33.9 Å². The van der Waals surface area contributed by atoms with E-state index in [1.165, 1.54) is 12.8 Å². The van der Waals surface area contributed by atoms with Gasteiger partial charge in [-0.2, -0.15) is 4.57 Å². The summed E-state index contributed by atoms with van der Waals surface area (Å²) >= 11 is 1.56. The van der Waals surface area contributed by atoms with Gasteiger partial charge in [-0.05, 0) is 12.5 Å². The molecule has 4 nitrogen and oxygen atoms in total. The van der Waals surface area contributed by atoms with E-state index in [9.17, 15) is 14.7 Å². The van der Waals surface area contributed by atoms with Crippen LogP contribution in [-0.2, 0) is 6.54 Å². The van der Waals surface area contributed by atoms with Crippen LogP contribution in [0.25, 0.3) is 22.6 Å². The molecule has 24 heavy (non-hydrogen) atoms. The summed E-state index contributed by atoms with van der Waals surface area (Å²) in [6, 6.07) is 8.07. The minimum atomic E-state index is -0.440. The third kappa shape index (κ3) is 2.91. The number of fused-ring (bicyclic) bond motifs is 1. The van der Waals surface area contributed by atoms with Crippen LogP contribution in [0.3, 0.4) is 0 Å². The molecule has 0 atom stereocenters. The van der Waals surface area contributed by atoms with E-state index in [0.29, 0.717) is 6.26 Å². The van der Waals surface area contributed by atoms with Crippen molar-refractivity contribution >= 4 is 33.9 Å². The van der Waals surface area contributed by atoms with Gasteiger partial charge in [-0.15, -0.1) is 6.26 Å². The normalized spacial score (nSPS) is 11.2. The quantitative estimate of drug-likeness (QED) is 0.478. The number of aryl methyl sites for hydroxylation is 1. The van der Waals surface area contributed by atoms with Crippen molar-refractivity contribution in [2.75, 3.05) is 0 Å². The van der Waals surface area contributed by atoms with E-state index < -0.39 is 10.9 Å². The molecule has 124 valence electrons. The van der Waals surface area contributed by atoms with Gasteiger partial charge in [-0.1, -0.05) is 43.2 Å². The fourth-order valence-corrected chi connectivity index (χ4v) is 4.01. The van der Waals surface area contributed by atoms with Gasteiger partial charge in [0.05, 0.1) is 10.4 Å². The first-order valence-corrected chi connectivity index (χ1v) is 9.03. The van der Waals surface area contributed by atoms with Crippen molar-refractivity contribution in [2.24, 2.45) is 0 Å². The zero-order chi connectivity index (χ0) is 17.1. The van der Waals surface area contributed by atoms with Gasteiger partial charge < -0.3 is 5.11 Å². The van der Waals surface area contributed by atoms with Crippen LogP contribution in [0.4, 0.5) is 0 Å². The zero-order valence-electron chi connectivity index (χ0n) is 13.6. The van der Waals surface area contributed by atoms with Crippen LogP contribution in [-0.4, -0.2) is 0 Å². The maximum atomic E-state index is 11.9. The Bertz CT molecular complexity index is 1020. The van der Waals surface area contributed by atoms with Crippen molar-refractivity contribution in [1.82, 2.24) is 0 Å². The molecule has 5 heteroatoms. The highest BCUT2D eigenvalue weighted by atomic mass is 32.1. The Morgan fingerprint density at radius 2 is 1.83 bits per heavy atom. The molecular formula is C19H19NO3S. The molecule has 3 rings (SSSR count). The first-order chi connectivity index (χ1) is 11.7. The smallest absolute Gasteiger partial charge is 0.263 e. The lowest BCUT2D eigenvalue weighted by Gasteiger charge is -1.98. The van der Waals surface area contributed by atoms with Crippen LogP contribution in [0, 0.1) is 0 Å². The molecule has 0 fully saturated rings. The monoisotopic (exact) mass is 341 g/mol. The second-order valence-electron chi connectivity index (χ2n) is 5.87. The summed E-state index contributed by atoms with van der Waals surface area (Å²) in [5.74, 6) is 0. The van der Waals surface area contributed by atoms with E-state index in [2.05, 4.69) is 17.6 Å². The molecule has 1 aromatic heterocycles. The van der Waals surface area contributed by atoms with Crippen LogP contribution in [0.5, 0.6) is 0 Å². The van der Waals surface area contributed by atoms with Crippen molar-refractivity contribution in [2.45, 2.75) is 39.2 Å². The minimum absolute atomic E-state index is 0.117. The van der Waals surface area contributed by atoms with Crippen LogP contribution in [0.1, 0.15) is 37.6 Å². The molecule has 0 unspecified atom stereocenters. The zero-order valence-corrected chi connectivity index (χ0v) is 14.4. The second-order valence-corrected chi connectivity index (χ2v) is 6.93. The van der Waals surface area contributed by atoms with Gasteiger partial charge in [0.15, 0.2) is 17.4 Å². The van der Waals surface area contributed by atoms with E-state index in [0.717, 1.165) is 34.6 Å². The number of thiazole rings is 1. The molecule has 0 bridgehead atoms. The summed E-state index contributed by atoms with van der Waals surface area (Å²) in [7, 11) is 0.